The standard InChI is InChI=1S/C22H19N3O4S/c26-13-10-25-20(27)9-19(23-21(25)30-12-13)24-22(28)29-11-18-16-7-3-1-5-14(16)15-6-2-4-8-17(15)18/h1-9,13,18,26H,10-12H2,(H,24,28). The number of carbonyl (C=O) groups is 1. The van der Waals surface area contributed by atoms with Crippen molar-refractivity contribution in [2.24, 2.45) is 0 Å². The second-order valence-corrected chi connectivity index (χ2v) is 8.28. The number of benzene rings is 2. The van der Waals surface area contributed by atoms with Gasteiger partial charge in [-0.3, -0.25) is 14.7 Å². The number of aromatic nitrogens is 2. The van der Waals surface area contributed by atoms with E-state index in [1.165, 1.54) is 22.4 Å². The quantitative estimate of drug-likeness (QED) is 0.632. The van der Waals surface area contributed by atoms with Gasteiger partial charge in [0.2, 0.25) is 0 Å². The molecule has 2 heterocycles. The van der Waals surface area contributed by atoms with Crippen molar-refractivity contribution in [3.63, 3.8) is 0 Å². The van der Waals surface area contributed by atoms with Gasteiger partial charge in [-0.05, 0) is 22.3 Å². The van der Waals surface area contributed by atoms with Gasteiger partial charge in [-0.15, -0.1) is 0 Å². The number of carbonyl (C=O) groups excluding carboxylic acids is 1. The van der Waals surface area contributed by atoms with Crippen LogP contribution in [0.2, 0.25) is 0 Å². The number of nitrogens with zero attached hydrogens (tertiary/aromatic N) is 2. The summed E-state index contributed by atoms with van der Waals surface area (Å²) >= 11 is 1.28. The molecule has 1 unspecified atom stereocenters. The number of thioether (sulfide) groups is 1. The largest absolute Gasteiger partial charge is 0.448 e. The van der Waals surface area contributed by atoms with Crippen LogP contribution < -0.4 is 10.9 Å². The van der Waals surface area contributed by atoms with Crippen molar-refractivity contribution >= 4 is 23.7 Å². The lowest BCUT2D eigenvalue weighted by Crippen LogP contribution is -2.34. The molecule has 0 bridgehead atoms. The molecule has 1 atom stereocenters. The number of anilines is 1. The van der Waals surface area contributed by atoms with E-state index in [1.807, 2.05) is 24.3 Å². The fourth-order valence-electron chi connectivity index (χ4n) is 4.00. The van der Waals surface area contributed by atoms with E-state index >= 15 is 0 Å². The van der Waals surface area contributed by atoms with Gasteiger partial charge in [0.05, 0.1) is 12.6 Å². The molecule has 0 radical (unpaired) electrons. The summed E-state index contributed by atoms with van der Waals surface area (Å²) in [5, 5.41) is 12.7. The first kappa shape index (κ1) is 18.9. The number of amides is 1. The van der Waals surface area contributed by atoms with E-state index in [9.17, 15) is 14.7 Å². The summed E-state index contributed by atoms with van der Waals surface area (Å²) in [6.07, 6.45) is -1.24. The van der Waals surface area contributed by atoms with Gasteiger partial charge in [-0.2, -0.15) is 0 Å². The molecular weight excluding hydrogens is 402 g/mol. The number of ether oxygens (including phenoxy) is 1. The molecule has 2 N–H and O–H groups in total. The third-order valence-corrected chi connectivity index (χ3v) is 6.47. The molecule has 5 rings (SSSR count). The average molecular weight is 421 g/mol. The van der Waals surface area contributed by atoms with Crippen LogP contribution in [-0.4, -0.2) is 39.2 Å². The number of hydrogen-bond acceptors (Lipinski definition) is 6. The monoisotopic (exact) mass is 421 g/mol. The Morgan fingerprint density at radius 2 is 1.83 bits per heavy atom. The topological polar surface area (TPSA) is 93.5 Å². The Hall–Kier alpha value is -3.10. The van der Waals surface area contributed by atoms with Crippen LogP contribution >= 0.6 is 11.8 Å². The number of nitrogens with one attached hydrogen (secondary N) is 1. The Morgan fingerprint density at radius 3 is 2.53 bits per heavy atom. The highest BCUT2D eigenvalue weighted by atomic mass is 32.2. The molecule has 1 aliphatic carbocycles. The SMILES string of the molecule is O=C(Nc1cc(=O)n2c(n1)SCC(O)C2)OCC1c2ccccc2-c2ccccc21. The predicted octanol–water partition coefficient (Wildman–Crippen LogP) is 3.07. The van der Waals surface area contributed by atoms with Gasteiger partial charge in [0.1, 0.15) is 12.4 Å². The molecule has 152 valence electrons. The summed E-state index contributed by atoms with van der Waals surface area (Å²) in [6, 6.07) is 17.5. The smallest absolute Gasteiger partial charge is 0.412 e. The van der Waals surface area contributed by atoms with Gasteiger partial charge >= 0.3 is 6.09 Å². The van der Waals surface area contributed by atoms with E-state index in [4.69, 9.17) is 4.74 Å². The van der Waals surface area contributed by atoms with Crippen molar-refractivity contribution < 1.29 is 14.6 Å². The summed E-state index contributed by atoms with van der Waals surface area (Å²) in [5.41, 5.74) is 4.26. The summed E-state index contributed by atoms with van der Waals surface area (Å²) in [7, 11) is 0. The molecule has 0 saturated heterocycles. The van der Waals surface area contributed by atoms with Crippen molar-refractivity contribution in [1.29, 1.82) is 0 Å². The fourth-order valence-corrected chi connectivity index (χ4v) is 4.93. The van der Waals surface area contributed by atoms with Crippen molar-refractivity contribution in [2.75, 3.05) is 17.7 Å². The second kappa shape index (κ2) is 7.62. The van der Waals surface area contributed by atoms with Crippen molar-refractivity contribution in [2.45, 2.75) is 23.7 Å². The zero-order chi connectivity index (χ0) is 20.7. The Kier molecular flexibility index (Phi) is 4.80. The summed E-state index contributed by atoms with van der Waals surface area (Å²) in [4.78, 5) is 29.0. The lowest BCUT2D eigenvalue weighted by molar-refractivity contribution is 0.157. The number of aliphatic hydroxyl groups excluding tert-OH is 1. The number of rotatable bonds is 3. The molecule has 8 heteroatoms. The second-order valence-electron chi connectivity index (χ2n) is 7.29. The summed E-state index contributed by atoms with van der Waals surface area (Å²) in [6.45, 7) is 0.393. The Morgan fingerprint density at radius 1 is 1.17 bits per heavy atom. The van der Waals surface area contributed by atoms with Crippen LogP contribution in [0.25, 0.3) is 11.1 Å². The molecular formula is C22H19N3O4S. The highest BCUT2D eigenvalue weighted by Gasteiger charge is 2.29. The first-order valence-electron chi connectivity index (χ1n) is 9.65. The number of fused-ring (bicyclic) bond motifs is 4. The molecule has 1 aromatic heterocycles. The van der Waals surface area contributed by atoms with Gasteiger partial charge < -0.3 is 9.84 Å². The number of hydrogen-bond donors (Lipinski definition) is 2. The molecule has 1 aliphatic heterocycles. The van der Waals surface area contributed by atoms with Gasteiger partial charge in [-0.25, -0.2) is 9.78 Å². The average Bonchev–Trinajstić information content (AvgIpc) is 3.07. The molecule has 2 aliphatic rings. The van der Waals surface area contributed by atoms with Gasteiger partial charge in [0.25, 0.3) is 5.56 Å². The van der Waals surface area contributed by atoms with Crippen molar-refractivity contribution in [1.82, 2.24) is 9.55 Å². The zero-order valence-electron chi connectivity index (χ0n) is 15.9. The molecule has 3 aromatic rings. The van der Waals surface area contributed by atoms with Crippen LogP contribution in [0.3, 0.4) is 0 Å². The highest BCUT2D eigenvalue weighted by Crippen LogP contribution is 2.44. The molecule has 30 heavy (non-hydrogen) atoms. The summed E-state index contributed by atoms with van der Waals surface area (Å²) in [5.74, 6) is 0.565. The summed E-state index contributed by atoms with van der Waals surface area (Å²) < 4.78 is 6.90. The number of aliphatic hydroxyl groups is 1. The molecule has 7 nitrogen and oxygen atoms in total. The maximum atomic E-state index is 12.4. The van der Waals surface area contributed by atoms with Crippen LogP contribution in [0.15, 0.2) is 64.5 Å². The van der Waals surface area contributed by atoms with Crippen LogP contribution in [-0.2, 0) is 11.3 Å². The maximum Gasteiger partial charge on any atom is 0.412 e. The lowest BCUT2D eigenvalue weighted by atomic mass is 9.98. The third-order valence-electron chi connectivity index (χ3n) is 5.35. The van der Waals surface area contributed by atoms with Gasteiger partial charge in [-0.1, -0.05) is 60.3 Å². The van der Waals surface area contributed by atoms with Gasteiger partial charge in [0, 0.05) is 17.7 Å². The first-order valence-corrected chi connectivity index (χ1v) is 10.6. The van der Waals surface area contributed by atoms with E-state index in [1.54, 1.807) is 0 Å². The van der Waals surface area contributed by atoms with Crippen molar-refractivity contribution in [3.05, 3.63) is 76.1 Å². The first-order chi connectivity index (χ1) is 14.6. The highest BCUT2D eigenvalue weighted by molar-refractivity contribution is 7.99. The van der Waals surface area contributed by atoms with Crippen LogP contribution in [0.1, 0.15) is 17.0 Å². The van der Waals surface area contributed by atoms with Crippen LogP contribution in [0.5, 0.6) is 0 Å². The van der Waals surface area contributed by atoms with Gasteiger partial charge in [0.15, 0.2) is 5.16 Å². The Labute approximate surface area is 176 Å². The maximum absolute atomic E-state index is 12.4. The molecule has 2 aromatic carbocycles. The van der Waals surface area contributed by atoms with E-state index in [-0.39, 0.29) is 30.4 Å². The minimum absolute atomic E-state index is 0.0395. The Bertz CT molecular complexity index is 1150. The Balaban J connectivity index is 1.31. The van der Waals surface area contributed by atoms with Crippen LogP contribution in [0, 0.1) is 0 Å². The lowest BCUT2D eigenvalue weighted by Gasteiger charge is -2.21. The van der Waals surface area contributed by atoms with Crippen LogP contribution in [0.4, 0.5) is 10.6 Å². The van der Waals surface area contributed by atoms with E-state index < -0.39 is 12.2 Å². The predicted molar refractivity (Wildman–Crippen MR) is 114 cm³/mol. The molecule has 0 fully saturated rings. The fraction of sp³-hybridized carbons (Fsp3) is 0.227. The molecule has 0 saturated carbocycles. The molecule has 0 spiro atoms. The minimum Gasteiger partial charge on any atom is -0.448 e. The van der Waals surface area contributed by atoms with E-state index in [2.05, 4.69) is 34.6 Å². The third kappa shape index (κ3) is 3.38. The van der Waals surface area contributed by atoms with E-state index in [0.717, 1.165) is 22.3 Å². The molecule has 1 amide bonds. The minimum atomic E-state index is -0.658. The van der Waals surface area contributed by atoms with E-state index in [0.29, 0.717) is 10.9 Å². The zero-order valence-corrected chi connectivity index (χ0v) is 16.8. The van der Waals surface area contributed by atoms with Crippen molar-refractivity contribution in [3.8, 4) is 11.1 Å². The normalized spacial score (nSPS) is 17.0.